The minimum absolute atomic E-state index is 0.141. The van der Waals surface area contributed by atoms with E-state index in [4.69, 9.17) is 4.42 Å². The summed E-state index contributed by atoms with van der Waals surface area (Å²) in [6, 6.07) is 10.7. The normalized spacial score (nSPS) is 11.7. The van der Waals surface area contributed by atoms with Gasteiger partial charge in [-0.2, -0.15) is 5.10 Å². The Morgan fingerprint density at radius 2 is 2.04 bits per heavy atom. The summed E-state index contributed by atoms with van der Waals surface area (Å²) in [5.41, 5.74) is 1.87. The highest BCUT2D eigenvalue weighted by Crippen LogP contribution is 2.15. The van der Waals surface area contributed by atoms with E-state index in [9.17, 15) is 9.59 Å². The van der Waals surface area contributed by atoms with E-state index in [2.05, 4.69) is 20.7 Å². The maximum absolute atomic E-state index is 12.0. The Morgan fingerprint density at radius 3 is 2.69 bits per heavy atom. The predicted octanol–water partition coefficient (Wildman–Crippen LogP) is 1.86. The van der Waals surface area contributed by atoms with Crippen LogP contribution in [-0.2, 0) is 4.79 Å². The molecule has 0 aliphatic carbocycles. The van der Waals surface area contributed by atoms with E-state index in [1.165, 1.54) is 12.6 Å². The minimum atomic E-state index is -0.334. The van der Waals surface area contributed by atoms with Gasteiger partial charge >= 0.3 is 0 Å². The molecule has 0 spiro atoms. The summed E-state index contributed by atoms with van der Waals surface area (Å²) < 4.78 is 6.65. The Morgan fingerprint density at radius 1 is 1.23 bits per heavy atom. The molecule has 26 heavy (non-hydrogen) atoms. The third-order valence-corrected chi connectivity index (χ3v) is 3.84. The van der Waals surface area contributed by atoms with Gasteiger partial charge in [-0.3, -0.25) is 9.59 Å². The molecule has 0 unspecified atom stereocenters. The molecule has 2 N–H and O–H groups in total. The second-order valence-corrected chi connectivity index (χ2v) is 5.70. The van der Waals surface area contributed by atoms with Gasteiger partial charge in [0.15, 0.2) is 5.76 Å². The minimum Gasteiger partial charge on any atom is -0.459 e. The first-order valence-corrected chi connectivity index (χ1v) is 8.19. The third-order valence-electron chi connectivity index (χ3n) is 3.84. The summed E-state index contributed by atoms with van der Waals surface area (Å²) in [5, 5.41) is 9.62. The summed E-state index contributed by atoms with van der Waals surface area (Å²) in [4.78, 5) is 27.7. The number of benzene rings is 1. The number of rotatable bonds is 7. The van der Waals surface area contributed by atoms with E-state index < -0.39 is 0 Å². The fourth-order valence-electron chi connectivity index (χ4n) is 2.44. The fraction of sp³-hybridized carbons (Fsp3) is 0.222. The van der Waals surface area contributed by atoms with Crippen LogP contribution in [0.3, 0.4) is 0 Å². The van der Waals surface area contributed by atoms with Crippen molar-refractivity contribution < 1.29 is 14.0 Å². The number of nitrogens with one attached hydrogen (secondary N) is 2. The fourth-order valence-corrected chi connectivity index (χ4v) is 2.44. The monoisotopic (exact) mass is 353 g/mol. The van der Waals surface area contributed by atoms with Crippen LogP contribution < -0.4 is 10.6 Å². The van der Waals surface area contributed by atoms with Gasteiger partial charge in [0.2, 0.25) is 5.91 Å². The molecule has 2 aromatic heterocycles. The summed E-state index contributed by atoms with van der Waals surface area (Å²) in [5.74, 6) is -0.247. The molecule has 0 aliphatic rings. The number of amides is 2. The first kappa shape index (κ1) is 17.4. The Hall–Kier alpha value is -3.42. The molecule has 3 rings (SSSR count). The second kappa shape index (κ2) is 8.11. The third kappa shape index (κ3) is 4.35. The van der Waals surface area contributed by atoms with Crippen molar-refractivity contribution in [2.75, 3.05) is 6.54 Å². The summed E-state index contributed by atoms with van der Waals surface area (Å²) >= 11 is 0. The van der Waals surface area contributed by atoms with Crippen molar-refractivity contribution in [2.24, 2.45) is 0 Å². The van der Waals surface area contributed by atoms with E-state index in [0.29, 0.717) is 0 Å². The molecule has 0 radical (unpaired) electrons. The zero-order valence-corrected chi connectivity index (χ0v) is 14.3. The van der Waals surface area contributed by atoms with Crippen LogP contribution in [0.5, 0.6) is 0 Å². The molecule has 8 heteroatoms. The number of carbonyl (C=O) groups excluding carboxylic acids is 2. The standard InChI is InChI=1S/C18H19N5O3/c1-13(14-4-6-15(7-5-14)23-12-19-11-21-23)22-17(24)8-9-20-18(25)16-3-2-10-26-16/h2-7,10-13H,8-9H2,1H3,(H,20,25)(H,22,24)/t13-/m0/s1. The van der Waals surface area contributed by atoms with Gasteiger partial charge in [0.25, 0.3) is 5.91 Å². The molecule has 0 bridgehead atoms. The molecule has 0 fully saturated rings. The molecule has 0 saturated heterocycles. The van der Waals surface area contributed by atoms with Gasteiger partial charge in [0.05, 0.1) is 18.0 Å². The summed E-state index contributed by atoms with van der Waals surface area (Å²) in [7, 11) is 0. The number of hydrogen-bond acceptors (Lipinski definition) is 5. The largest absolute Gasteiger partial charge is 0.459 e. The summed E-state index contributed by atoms with van der Waals surface area (Å²) in [6.45, 7) is 2.15. The molecule has 3 aromatic rings. The van der Waals surface area contributed by atoms with Crippen LogP contribution in [0.1, 0.15) is 35.5 Å². The zero-order valence-electron chi connectivity index (χ0n) is 14.3. The molecule has 1 aromatic carbocycles. The highest BCUT2D eigenvalue weighted by Gasteiger charge is 2.12. The van der Waals surface area contributed by atoms with Crippen LogP contribution in [0.15, 0.2) is 59.7 Å². The van der Waals surface area contributed by atoms with Crippen molar-refractivity contribution in [3.63, 3.8) is 0 Å². The van der Waals surface area contributed by atoms with E-state index in [0.717, 1.165) is 11.3 Å². The second-order valence-electron chi connectivity index (χ2n) is 5.70. The van der Waals surface area contributed by atoms with E-state index in [1.54, 1.807) is 23.1 Å². The molecule has 134 valence electrons. The Bertz CT molecular complexity index is 842. The Balaban J connectivity index is 1.45. The molecule has 0 saturated carbocycles. The Kier molecular flexibility index (Phi) is 5.43. The number of hydrogen-bond donors (Lipinski definition) is 2. The van der Waals surface area contributed by atoms with Crippen LogP contribution in [0, 0.1) is 0 Å². The van der Waals surface area contributed by atoms with Crippen molar-refractivity contribution in [3.8, 4) is 5.69 Å². The van der Waals surface area contributed by atoms with Crippen LogP contribution in [0.4, 0.5) is 0 Å². The van der Waals surface area contributed by atoms with Crippen molar-refractivity contribution >= 4 is 11.8 Å². The maximum atomic E-state index is 12.0. The van der Waals surface area contributed by atoms with Crippen molar-refractivity contribution in [1.82, 2.24) is 25.4 Å². The maximum Gasteiger partial charge on any atom is 0.286 e. The molecule has 8 nitrogen and oxygen atoms in total. The first-order chi connectivity index (χ1) is 12.6. The number of carbonyl (C=O) groups is 2. The molecule has 1 atom stereocenters. The zero-order chi connectivity index (χ0) is 18.4. The van der Waals surface area contributed by atoms with Gasteiger partial charge in [-0.15, -0.1) is 0 Å². The van der Waals surface area contributed by atoms with Gasteiger partial charge in [-0.05, 0) is 36.8 Å². The lowest BCUT2D eigenvalue weighted by Crippen LogP contribution is -2.32. The van der Waals surface area contributed by atoms with E-state index >= 15 is 0 Å². The Labute approximate surface area is 150 Å². The first-order valence-electron chi connectivity index (χ1n) is 8.19. The average Bonchev–Trinajstić information content (AvgIpc) is 3.35. The van der Waals surface area contributed by atoms with Gasteiger partial charge < -0.3 is 15.1 Å². The lowest BCUT2D eigenvalue weighted by Gasteiger charge is -2.15. The number of furan rings is 1. The topological polar surface area (TPSA) is 102 Å². The van der Waals surface area contributed by atoms with Crippen molar-refractivity contribution in [2.45, 2.75) is 19.4 Å². The average molecular weight is 353 g/mol. The molecule has 2 amide bonds. The van der Waals surface area contributed by atoms with Gasteiger partial charge in [0.1, 0.15) is 12.7 Å². The van der Waals surface area contributed by atoms with Gasteiger partial charge in [0, 0.05) is 13.0 Å². The van der Waals surface area contributed by atoms with Crippen molar-refractivity contribution in [1.29, 1.82) is 0 Å². The number of nitrogens with zero attached hydrogens (tertiary/aromatic N) is 3. The molecule has 0 aliphatic heterocycles. The lowest BCUT2D eigenvalue weighted by atomic mass is 10.1. The smallest absolute Gasteiger partial charge is 0.286 e. The number of aromatic nitrogens is 3. The lowest BCUT2D eigenvalue weighted by molar-refractivity contribution is -0.121. The summed E-state index contributed by atoms with van der Waals surface area (Å²) in [6.07, 6.45) is 4.71. The van der Waals surface area contributed by atoms with Crippen LogP contribution in [0.25, 0.3) is 5.69 Å². The predicted molar refractivity (Wildman–Crippen MR) is 93.6 cm³/mol. The van der Waals surface area contributed by atoms with Crippen LogP contribution in [-0.4, -0.2) is 33.1 Å². The van der Waals surface area contributed by atoms with Crippen LogP contribution in [0.2, 0.25) is 0 Å². The van der Waals surface area contributed by atoms with Gasteiger partial charge in [-0.1, -0.05) is 12.1 Å². The molecular weight excluding hydrogens is 334 g/mol. The quantitative estimate of drug-likeness (QED) is 0.675. The van der Waals surface area contributed by atoms with Crippen LogP contribution >= 0.6 is 0 Å². The molecule has 2 heterocycles. The van der Waals surface area contributed by atoms with E-state index in [1.807, 2.05) is 31.2 Å². The van der Waals surface area contributed by atoms with E-state index in [-0.39, 0.29) is 36.6 Å². The highest BCUT2D eigenvalue weighted by molar-refractivity contribution is 5.91. The van der Waals surface area contributed by atoms with Crippen molar-refractivity contribution in [3.05, 3.63) is 66.6 Å². The SMILES string of the molecule is C[C@H](NC(=O)CCNC(=O)c1ccco1)c1ccc(-n2cncn2)cc1. The molecular formula is C18H19N5O3. The van der Waals surface area contributed by atoms with Gasteiger partial charge in [-0.25, -0.2) is 9.67 Å². The highest BCUT2D eigenvalue weighted by atomic mass is 16.3.